The van der Waals surface area contributed by atoms with Crippen LogP contribution in [0.15, 0.2) is 66.7 Å². The van der Waals surface area contributed by atoms with Gasteiger partial charge in [0.15, 0.2) is 0 Å². The Kier molecular flexibility index (Phi) is 7.07. The molecule has 0 saturated carbocycles. The molecule has 0 unspecified atom stereocenters. The van der Waals surface area contributed by atoms with Gasteiger partial charge in [0.1, 0.15) is 12.4 Å². The topological polar surface area (TPSA) is 35.5 Å². The highest BCUT2D eigenvalue weighted by Gasteiger charge is 2.08. The predicted molar refractivity (Wildman–Crippen MR) is 117 cm³/mol. The zero-order valence-corrected chi connectivity index (χ0v) is 17.4. The van der Waals surface area contributed by atoms with Crippen LogP contribution in [0.3, 0.4) is 0 Å². The van der Waals surface area contributed by atoms with Crippen molar-refractivity contribution in [3.05, 3.63) is 89.0 Å². The van der Waals surface area contributed by atoms with E-state index in [2.05, 4.69) is 61.0 Å². The van der Waals surface area contributed by atoms with Crippen molar-refractivity contribution in [3.8, 4) is 16.9 Å². The molecule has 0 N–H and O–H groups in total. The molecule has 0 atom stereocenters. The normalized spacial score (nSPS) is 10.6. The molecule has 150 valence electrons. The van der Waals surface area contributed by atoms with Crippen LogP contribution in [-0.4, -0.2) is 13.1 Å². The van der Waals surface area contributed by atoms with Crippen molar-refractivity contribution in [2.24, 2.45) is 0 Å². The highest BCUT2D eigenvalue weighted by Crippen LogP contribution is 2.29. The van der Waals surface area contributed by atoms with Gasteiger partial charge < -0.3 is 9.47 Å². The number of rotatable bonds is 8. The molecule has 3 heteroatoms. The van der Waals surface area contributed by atoms with Crippen LogP contribution in [0.2, 0.25) is 0 Å². The van der Waals surface area contributed by atoms with Crippen molar-refractivity contribution in [1.82, 2.24) is 0 Å². The van der Waals surface area contributed by atoms with Crippen LogP contribution in [0.1, 0.15) is 35.6 Å². The third-order valence-electron chi connectivity index (χ3n) is 5.13. The highest BCUT2D eigenvalue weighted by molar-refractivity contribution is 5.71. The van der Waals surface area contributed by atoms with Crippen molar-refractivity contribution < 1.29 is 14.3 Å². The minimum Gasteiger partial charge on any atom is -0.489 e. The van der Waals surface area contributed by atoms with Gasteiger partial charge in [0.25, 0.3) is 0 Å². The van der Waals surface area contributed by atoms with Gasteiger partial charge in [-0.05, 0) is 71.3 Å². The lowest BCUT2D eigenvalue weighted by atomic mass is 9.93. The van der Waals surface area contributed by atoms with Crippen LogP contribution in [-0.2, 0) is 29.0 Å². The Morgan fingerprint density at radius 3 is 2.41 bits per heavy atom. The van der Waals surface area contributed by atoms with E-state index in [1.807, 2.05) is 24.3 Å². The second-order valence-electron chi connectivity index (χ2n) is 7.17. The van der Waals surface area contributed by atoms with E-state index < -0.39 is 0 Å². The van der Waals surface area contributed by atoms with Crippen LogP contribution in [0, 0.1) is 6.92 Å². The predicted octanol–water partition coefficient (Wildman–Crippen LogP) is 5.91. The van der Waals surface area contributed by atoms with Gasteiger partial charge in [-0.15, -0.1) is 0 Å². The molecule has 3 rings (SSSR count). The first kappa shape index (κ1) is 20.7. The van der Waals surface area contributed by atoms with E-state index in [1.54, 1.807) is 0 Å². The number of esters is 1. The van der Waals surface area contributed by atoms with Gasteiger partial charge in [0.05, 0.1) is 7.11 Å². The molecule has 0 aliphatic heterocycles. The third-order valence-corrected chi connectivity index (χ3v) is 5.13. The standard InChI is InChI=1S/C26H28O3/c1-4-22-9-5-7-19(2)26(22)23-10-6-8-21(17-23)18-29-24-14-11-20(12-15-24)13-16-25(27)28-3/h5-12,14-15,17H,4,13,16,18H2,1-3H3. The molecule has 3 aromatic carbocycles. The fraction of sp³-hybridized carbons (Fsp3) is 0.269. The smallest absolute Gasteiger partial charge is 0.305 e. The molecule has 0 saturated heterocycles. The molecule has 3 nitrogen and oxygen atoms in total. The van der Waals surface area contributed by atoms with Crippen LogP contribution >= 0.6 is 0 Å². The van der Waals surface area contributed by atoms with Crippen LogP contribution in [0.5, 0.6) is 5.75 Å². The second-order valence-corrected chi connectivity index (χ2v) is 7.17. The number of carbonyl (C=O) groups excluding carboxylic acids is 1. The molecule has 3 aromatic rings. The summed E-state index contributed by atoms with van der Waals surface area (Å²) in [5, 5.41) is 0. The number of carbonyl (C=O) groups is 1. The van der Waals surface area contributed by atoms with Crippen molar-refractivity contribution in [2.75, 3.05) is 7.11 Å². The summed E-state index contributed by atoms with van der Waals surface area (Å²) in [5.74, 6) is 0.632. The molecule has 0 aliphatic rings. The Labute approximate surface area is 173 Å². The lowest BCUT2D eigenvalue weighted by molar-refractivity contribution is -0.140. The Bertz CT molecular complexity index is 958. The summed E-state index contributed by atoms with van der Waals surface area (Å²) >= 11 is 0. The second kappa shape index (κ2) is 9.92. The van der Waals surface area contributed by atoms with Gasteiger partial charge >= 0.3 is 5.97 Å². The molecule has 0 heterocycles. The molecule has 0 radical (unpaired) electrons. The summed E-state index contributed by atoms with van der Waals surface area (Å²) in [4.78, 5) is 11.3. The van der Waals surface area contributed by atoms with E-state index >= 15 is 0 Å². The van der Waals surface area contributed by atoms with Crippen molar-refractivity contribution in [2.45, 2.75) is 39.7 Å². The number of hydrogen-bond acceptors (Lipinski definition) is 3. The largest absolute Gasteiger partial charge is 0.489 e. The maximum atomic E-state index is 11.3. The van der Waals surface area contributed by atoms with Crippen molar-refractivity contribution >= 4 is 5.97 Å². The molecule has 0 bridgehead atoms. The maximum Gasteiger partial charge on any atom is 0.305 e. The Hall–Kier alpha value is -3.07. The zero-order chi connectivity index (χ0) is 20.6. The maximum absolute atomic E-state index is 11.3. The fourth-order valence-corrected chi connectivity index (χ4v) is 3.52. The summed E-state index contributed by atoms with van der Waals surface area (Å²) in [6.45, 7) is 4.88. The Balaban J connectivity index is 1.66. The van der Waals surface area contributed by atoms with E-state index in [0.29, 0.717) is 19.4 Å². The lowest BCUT2D eigenvalue weighted by Crippen LogP contribution is -2.02. The molecule has 0 amide bonds. The van der Waals surface area contributed by atoms with Crippen LogP contribution in [0.4, 0.5) is 0 Å². The number of aryl methyl sites for hydroxylation is 3. The SMILES string of the molecule is CCc1cccc(C)c1-c1cccc(COc2ccc(CCC(=O)OC)cc2)c1. The first-order valence-electron chi connectivity index (χ1n) is 10.1. The van der Waals surface area contributed by atoms with Crippen molar-refractivity contribution in [3.63, 3.8) is 0 Å². The summed E-state index contributed by atoms with van der Waals surface area (Å²) in [5.41, 5.74) is 7.46. The molecule has 29 heavy (non-hydrogen) atoms. The average Bonchev–Trinajstić information content (AvgIpc) is 2.76. The number of methoxy groups -OCH3 is 1. The summed E-state index contributed by atoms with van der Waals surface area (Å²) in [6, 6.07) is 23.0. The summed E-state index contributed by atoms with van der Waals surface area (Å²) < 4.78 is 10.7. The summed E-state index contributed by atoms with van der Waals surface area (Å²) in [7, 11) is 1.41. The van der Waals surface area contributed by atoms with E-state index in [-0.39, 0.29) is 5.97 Å². The van der Waals surface area contributed by atoms with Gasteiger partial charge in [0, 0.05) is 6.42 Å². The highest BCUT2D eigenvalue weighted by atomic mass is 16.5. The van der Waals surface area contributed by atoms with E-state index in [0.717, 1.165) is 23.3 Å². The quantitative estimate of drug-likeness (QED) is 0.450. The van der Waals surface area contributed by atoms with Crippen molar-refractivity contribution in [1.29, 1.82) is 0 Å². The van der Waals surface area contributed by atoms with Crippen LogP contribution < -0.4 is 4.74 Å². The summed E-state index contributed by atoms with van der Waals surface area (Å²) in [6.07, 6.45) is 2.08. The molecule has 0 fully saturated rings. The first-order chi connectivity index (χ1) is 14.1. The number of hydrogen-bond donors (Lipinski definition) is 0. The Morgan fingerprint density at radius 2 is 1.69 bits per heavy atom. The molecular formula is C26H28O3. The number of ether oxygens (including phenoxy) is 2. The van der Waals surface area contributed by atoms with Gasteiger partial charge in [0.2, 0.25) is 0 Å². The third kappa shape index (κ3) is 5.47. The minimum atomic E-state index is -0.190. The zero-order valence-electron chi connectivity index (χ0n) is 17.4. The molecule has 0 aromatic heterocycles. The number of benzene rings is 3. The minimum absolute atomic E-state index is 0.190. The van der Waals surface area contributed by atoms with E-state index in [4.69, 9.17) is 4.74 Å². The van der Waals surface area contributed by atoms with Gasteiger partial charge in [-0.3, -0.25) is 4.79 Å². The molecule has 0 spiro atoms. The van der Waals surface area contributed by atoms with Gasteiger partial charge in [-0.25, -0.2) is 0 Å². The first-order valence-corrected chi connectivity index (χ1v) is 10.1. The monoisotopic (exact) mass is 388 g/mol. The van der Waals surface area contributed by atoms with Crippen LogP contribution in [0.25, 0.3) is 11.1 Å². The average molecular weight is 389 g/mol. The van der Waals surface area contributed by atoms with E-state index in [9.17, 15) is 4.79 Å². The molecule has 0 aliphatic carbocycles. The van der Waals surface area contributed by atoms with E-state index in [1.165, 1.54) is 29.4 Å². The molecular weight excluding hydrogens is 360 g/mol. The Morgan fingerprint density at radius 1 is 0.931 bits per heavy atom. The van der Waals surface area contributed by atoms with Gasteiger partial charge in [-0.2, -0.15) is 0 Å². The fourth-order valence-electron chi connectivity index (χ4n) is 3.52. The lowest BCUT2D eigenvalue weighted by Gasteiger charge is -2.13. The van der Waals surface area contributed by atoms with Gasteiger partial charge in [-0.1, -0.05) is 55.5 Å².